The summed E-state index contributed by atoms with van der Waals surface area (Å²) in [7, 11) is 0. The average molecular weight is 194 g/mol. The highest BCUT2D eigenvalue weighted by Crippen LogP contribution is 2.34. The highest BCUT2D eigenvalue weighted by molar-refractivity contribution is 5.50. The molecule has 0 heterocycles. The molecule has 2 unspecified atom stereocenters. The van der Waals surface area contributed by atoms with Gasteiger partial charge in [-0.2, -0.15) is 0 Å². The molecule has 1 aliphatic carbocycles. The lowest BCUT2D eigenvalue weighted by molar-refractivity contribution is -0.107. The summed E-state index contributed by atoms with van der Waals surface area (Å²) in [6.45, 7) is 6.91. The normalized spacial score (nSPS) is 27.6. The number of carbonyl (C=O) groups is 1. The molecule has 80 valence electrons. The minimum Gasteiger partial charge on any atom is -0.303 e. The third-order valence-electron chi connectivity index (χ3n) is 3.47. The van der Waals surface area contributed by atoms with Crippen molar-refractivity contribution in [1.82, 2.24) is 0 Å². The summed E-state index contributed by atoms with van der Waals surface area (Å²) in [5.41, 5.74) is 1.51. The van der Waals surface area contributed by atoms with Gasteiger partial charge < -0.3 is 4.79 Å². The molecule has 0 saturated heterocycles. The predicted octanol–water partition coefficient (Wildman–Crippen LogP) is 3.59. The Morgan fingerprint density at radius 1 is 1.57 bits per heavy atom. The summed E-state index contributed by atoms with van der Waals surface area (Å²) in [5.74, 6) is 2.34. The van der Waals surface area contributed by atoms with Crippen LogP contribution >= 0.6 is 0 Å². The summed E-state index contributed by atoms with van der Waals surface area (Å²) >= 11 is 0. The van der Waals surface area contributed by atoms with Crippen molar-refractivity contribution in [2.45, 2.75) is 46.5 Å². The van der Waals surface area contributed by atoms with Crippen molar-refractivity contribution >= 4 is 6.29 Å². The van der Waals surface area contributed by atoms with Crippen LogP contribution in [0, 0.1) is 17.8 Å². The smallest absolute Gasteiger partial charge is 0.120 e. The maximum absolute atomic E-state index is 10.3. The molecule has 1 heteroatoms. The quantitative estimate of drug-likeness (QED) is 0.493. The van der Waals surface area contributed by atoms with Crippen LogP contribution < -0.4 is 0 Å². The first-order chi connectivity index (χ1) is 6.65. The third-order valence-corrected chi connectivity index (χ3v) is 3.47. The molecule has 1 rings (SSSR count). The molecule has 1 aliphatic rings. The molecule has 0 aromatic carbocycles. The van der Waals surface area contributed by atoms with Crippen molar-refractivity contribution < 1.29 is 4.79 Å². The van der Waals surface area contributed by atoms with Gasteiger partial charge in [0.15, 0.2) is 0 Å². The Hall–Kier alpha value is -0.590. The number of rotatable bonds is 4. The zero-order valence-electron chi connectivity index (χ0n) is 9.62. The fourth-order valence-electron chi connectivity index (χ4n) is 2.32. The van der Waals surface area contributed by atoms with Gasteiger partial charge in [-0.1, -0.05) is 32.4 Å². The molecule has 0 radical (unpaired) electrons. The Morgan fingerprint density at radius 2 is 2.29 bits per heavy atom. The summed E-state index contributed by atoms with van der Waals surface area (Å²) in [5, 5.41) is 0. The number of carbonyl (C=O) groups excluding carboxylic acids is 1. The van der Waals surface area contributed by atoms with Gasteiger partial charge in [0.1, 0.15) is 6.29 Å². The molecular formula is C13H22O. The van der Waals surface area contributed by atoms with Gasteiger partial charge in [0.05, 0.1) is 0 Å². The lowest BCUT2D eigenvalue weighted by Crippen LogP contribution is -2.18. The Morgan fingerprint density at radius 3 is 2.79 bits per heavy atom. The molecule has 2 atom stereocenters. The van der Waals surface area contributed by atoms with E-state index in [1.54, 1.807) is 0 Å². The van der Waals surface area contributed by atoms with Crippen LogP contribution in [0.2, 0.25) is 0 Å². The van der Waals surface area contributed by atoms with E-state index in [-0.39, 0.29) is 0 Å². The maximum Gasteiger partial charge on any atom is 0.120 e. The van der Waals surface area contributed by atoms with Crippen LogP contribution in [0.15, 0.2) is 11.6 Å². The predicted molar refractivity (Wildman–Crippen MR) is 60.1 cm³/mol. The SMILES string of the molecule is CC1CC(C(C)C)CC=C1CCC=O. The standard InChI is InChI=1S/C13H22O/c1-10(2)13-7-6-12(5-4-8-14)11(3)9-13/h6,8,10-11,13H,4-5,7,9H2,1-3H3. The largest absolute Gasteiger partial charge is 0.303 e. The molecule has 0 aliphatic heterocycles. The highest BCUT2D eigenvalue weighted by Gasteiger charge is 2.22. The van der Waals surface area contributed by atoms with Gasteiger partial charge in [0.2, 0.25) is 0 Å². The minimum absolute atomic E-state index is 0.691. The van der Waals surface area contributed by atoms with Gasteiger partial charge in [-0.25, -0.2) is 0 Å². The third kappa shape index (κ3) is 2.97. The van der Waals surface area contributed by atoms with Gasteiger partial charge in [-0.3, -0.25) is 0 Å². The van der Waals surface area contributed by atoms with Crippen molar-refractivity contribution in [2.75, 3.05) is 0 Å². The first kappa shape index (κ1) is 11.5. The van der Waals surface area contributed by atoms with Crippen molar-refractivity contribution in [3.8, 4) is 0 Å². The fourth-order valence-corrected chi connectivity index (χ4v) is 2.32. The van der Waals surface area contributed by atoms with E-state index < -0.39 is 0 Å². The molecule has 0 aromatic heterocycles. The summed E-state index contributed by atoms with van der Waals surface area (Å²) in [6.07, 6.45) is 7.61. The Labute approximate surface area is 87.6 Å². The van der Waals surface area contributed by atoms with Crippen LogP contribution in [0.3, 0.4) is 0 Å². The first-order valence-corrected chi connectivity index (χ1v) is 5.77. The van der Waals surface area contributed by atoms with Gasteiger partial charge >= 0.3 is 0 Å². The van der Waals surface area contributed by atoms with E-state index in [1.165, 1.54) is 18.4 Å². The van der Waals surface area contributed by atoms with E-state index >= 15 is 0 Å². The molecule has 0 bridgehead atoms. The zero-order chi connectivity index (χ0) is 10.6. The molecule has 0 spiro atoms. The van der Waals surface area contributed by atoms with E-state index in [0.29, 0.717) is 12.3 Å². The van der Waals surface area contributed by atoms with Crippen molar-refractivity contribution in [3.05, 3.63) is 11.6 Å². The van der Waals surface area contributed by atoms with Crippen LogP contribution in [-0.4, -0.2) is 6.29 Å². The number of hydrogen-bond acceptors (Lipinski definition) is 1. The molecule has 0 aromatic rings. The summed E-state index contributed by atoms with van der Waals surface area (Å²) < 4.78 is 0. The van der Waals surface area contributed by atoms with Crippen LogP contribution in [0.1, 0.15) is 46.5 Å². The van der Waals surface area contributed by atoms with Crippen LogP contribution in [0.25, 0.3) is 0 Å². The fraction of sp³-hybridized carbons (Fsp3) is 0.769. The summed E-state index contributed by atoms with van der Waals surface area (Å²) in [4.78, 5) is 10.3. The van der Waals surface area contributed by atoms with E-state index in [2.05, 4.69) is 26.8 Å². The molecule has 1 nitrogen and oxygen atoms in total. The summed E-state index contributed by atoms with van der Waals surface area (Å²) in [6, 6.07) is 0. The lowest BCUT2D eigenvalue weighted by Gasteiger charge is -2.29. The highest BCUT2D eigenvalue weighted by atomic mass is 16.1. The molecule has 0 fully saturated rings. The Balaban J connectivity index is 2.50. The van der Waals surface area contributed by atoms with Gasteiger partial charge in [0, 0.05) is 6.42 Å². The van der Waals surface area contributed by atoms with Gasteiger partial charge in [0.25, 0.3) is 0 Å². The Kier molecular flexibility index (Phi) is 4.37. The minimum atomic E-state index is 0.691. The van der Waals surface area contributed by atoms with E-state index in [9.17, 15) is 4.79 Å². The number of aldehydes is 1. The molecule has 14 heavy (non-hydrogen) atoms. The monoisotopic (exact) mass is 194 g/mol. The van der Waals surface area contributed by atoms with Crippen molar-refractivity contribution in [2.24, 2.45) is 17.8 Å². The maximum atomic E-state index is 10.3. The van der Waals surface area contributed by atoms with E-state index in [0.717, 1.165) is 24.5 Å². The van der Waals surface area contributed by atoms with E-state index in [1.807, 2.05) is 0 Å². The average Bonchev–Trinajstić information content (AvgIpc) is 2.15. The second kappa shape index (κ2) is 5.33. The first-order valence-electron chi connectivity index (χ1n) is 5.77. The second-order valence-electron chi connectivity index (χ2n) is 4.86. The van der Waals surface area contributed by atoms with Crippen LogP contribution in [0.4, 0.5) is 0 Å². The topological polar surface area (TPSA) is 17.1 Å². The van der Waals surface area contributed by atoms with Gasteiger partial charge in [-0.05, 0) is 37.0 Å². The molecule has 0 N–H and O–H groups in total. The van der Waals surface area contributed by atoms with Crippen molar-refractivity contribution in [3.63, 3.8) is 0 Å². The lowest BCUT2D eigenvalue weighted by atomic mass is 9.76. The number of allylic oxidation sites excluding steroid dienone is 2. The second-order valence-corrected chi connectivity index (χ2v) is 4.86. The molecule has 0 saturated carbocycles. The van der Waals surface area contributed by atoms with Gasteiger partial charge in [-0.15, -0.1) is 0 Å². The van der Waals surface area contributed by atoms with Crippen molar-refractivity contribution in [1.29, 1.82) is 0 Å². The Bertz CT molecular complexity index is 215. The molecule has 0 amide bonds. The number of hydrogen-bond donors (Lipinski definition) is 0. The van der Waals surface area contributed by atoms with Crippen LogP contribution in [-0.2, 0) is 4.79 Å². The van der Waals surface area contributed by atoms with E-state index in [4.69, 9.17) is 0 Å². The molecular weight excluding hydrogens is 172 g/mol. The zero-order valence-corrected chi connectivity index (χ0v) is 9.62. The van der Waals surface area contributed by atoms with Crippen LogP contribution in [0.5, 0.6) is 0 Å².